The van der Waals surface area contributed by atoms with Crippen LogP contribution in [-0.4, -0.2) is 97.4 Å². The van der Waals surface area contributed by atoms with Crippen molar-refractivity contribution >= 4 is 17.8 Å². The molecule has 1 heterocycles. The van der Waals surface area contributed by atoms with Crippen LogP contribution in [0.25, 0.3) is 0 Å². The number of hydrogen-bond acceptors (Lipinski definition) is 11. The van der Waals surface area contributed by atoms with E-state index in [9.17, 15) is 10.2 Å². The molecule has 1 rings (SSSR count). The predicted molar refractivity (Wildman–Crippen MR) is 88.0 cm³/mol. The van der Waals surface area contributed by atoms with Crippen LogP contribution in [0.15, 0.2) is 0 Å². The highest BCUT2D eigenvalue weighted by Crippen LogP contribution is 2.16. The highest BCUT2D eigenvalue weighted by atomic mass is 16.5. The van der Waals surface area contributed by atoms with Crippen molar-refractivity contribution in [3.8, 4) is 0 Å². The summed E-state index contributed by atoms with van der Waals surface area (Å²) >= 11 is 0. The molecule has 0 fully saturated rings. The quantitative estimate of drug-likeness (QED) is 0.298. The summed E-state index contributed by atoms with van der Waals surface area (Å²) < 4.78 is 10.2. The smallest absolute Gasteiger partial charge is 0.235 e. The number of aromatic nitrogens is 3. The largest absolute Gasteiger partial charge is 0.395 e. The minimum atomic E-state index is -0.111. The predicted octanol–water partition coefficient (Wildman–Crippen LogP) is -1.92. The molecule has 138 valence electrons. The van der Waals surface area contributed by atoms with Gasteiger partial charge in [0.2, 0.25) is 17.8 Å². The summed E-state index contributed by atoms with van der Waals surface area (Å²) in [6.07, 6.45) is 0. The molecule has 0 aliphatic rings. The van der Waals surface area contributed by atoms with Gasteiger partial charge >= 0.3 is 0 Å². The fourth-order valence-electron chi connectivity index (χ4n) is 1.90. The zero-order chi connectivity index (χ0) is 17.8. The Kier molecular flexibility index (Phi) is 9.88. The number of rotatable bonds is 13. The second-order valence-corrected chi connectivity index (χ2v) is 4.72. The molecule has 0 bridgehead atoms. The molecule has 4 N–H and O–H groups in total. The minimum Gasteiger partial charge on any atom is -0.395 e. The summed E-state index contributed by atoms with van der Waals surface area (Å²) in [5.41, 5.74) is 0. The maximum absolute atomic E-state index is 9.19. The number of hydrogen-bond donors (Lipinski definition) is 4. The van der Waals surface area contributed by atoms with Crippen molar-refractivity contribution in [3.05, 3.63) is 0 Å². The van der Waals surface area contributed by atoms with Gasteiger partial charge in [-0.2, -0.15) is 15.0 Å². The van der Waals surface area contributed by atoms with Crippen LogP contribution in [0.5, 0.6) is 0 Å². The Hall–Kier alpha value is -1.79. The molecule has 1 aromatic rings. The van der Waals surface area contributed by atoms with E-state index < -0.39 is 0 Å². The molecule has 0 saturated heterocycles. The van der Waals surface area contributed by atoms with Crippen molar-refractivity contribution in [1.82, 2.24) is 15.0 Å². The van der Waals surface area contributed by atoms with E-state index in [1.165, 1.54) is 0 Å². The van der Waals surface area contributed by atoms with E-state index >= 15 is 0 Å². The van der Waals surface area contributed by atoms with Crippen LogP contribution in [0.2, 0.25) is 0 Å². The van der Waals surface area contributed by atoms with Gasteiger partial charge in [0, 0.05) is 33.9 Å². The molecule has 0 spiro atoms. The fourth-order valence-corrected chi connectivity index (χ4v) is 1.90. The van der Waals surface area contributed by atoms with Gasteiger partial charge in [-0.1, -0.05) is 0 Å². The van der Waals surface area contributed by atoms with E-state index in [1.54, 1.807) is 24.0 Å². The summed E-state index contributed by atoms with van der Waals surface area (Å²) in [6, 6.07) is 0. The van der Waals surface area contributed by atoms with E-state index in [4.69, 9.17) is 14.6 Å². The Morgan fingerprint density at radius 2 is 1.38 bits per heavy atom. The number of methoxy groups -OCH3 is 2. The van der Waals surface area contributed by atoms with E-state index in [2.05, 4.69) is 20.3 Å². The molecule has 0 aliphatic heterocycles. The van der Waals surface area contributed by atoms with Gasteiger partial charge in [0.05, 0.1) is 19.8 Å². The van der Waals surface area contributed by atoms with Gasteiger partial charge in [-0.15, -0.1) is 0 Å². The van der Waals surface area contributed by atoms with Crippen LogP contribution in [0, 0.1) is 0 Å². The second-order valence-electron chi connectivity index (χ2n) is 4.72. The molecule has 0 saturated carbocycles. The van der Waals surface area contributed by atoms with Crippen molar-refractivity contribution in [2.24, 2.45) is 0 Å². The monoisotopic (exact) mass is 346 g/mol. The number of aliphatic hydroxyl groups is 3. The van der Waals surface area contributed by atoms with Crippen molar-refractivity contribution in [1.29, 1.82) is 0 Å². The summed E-state index contributed by atoms with van der Waals surface area (Å²) in [6.45, 7) is 0.911. The maximum Gasteiger partial charge on any atom is 0.235 e. The van der Waals surface area contributed by atoms with Crippen LogP contribution in [0.4, 0.5) is 17.8 Å². The molecular formula is C13H26N6O5. The Morgan fingerprint density at radius 1 is 0.833 bits per heavy atom. The third kappa shape index (κ3) is 6.37. The van der Waals surface area contributed by atoms with Gasteiger partial charge < -0.3 is 35.0 Å². The van der Waals surface area contributed by atoms with E-state index in [0.717, 1.165) is 0 Å². The van der Waals surface area contributed by atoms with E-state index in [0.29, 0.717) is 11.9 Å². The van der Waals surface area contributed by atoms with Crippen molar-refractivity contribution in [3.63, 3.8) is 0 Å². The van der Waals surface area contributed by atoms with Crippen LogP contribution in [-0.2, 0) is 9.47 Å². The standard InChI is InChI=1S/C13H26N6O5/c1-23-9-19(10-24-2)13-16-11(14-3-6-20)15-12(17-13)18(4-7-21)5-8-22/h20-22H,3-10H2,1-2H3,(H,14,15,16,17). The molecular weight excluding hydrogens is 320 g/mol. The summed E-state index contributed by atoms with van der Waals surface area (Å²) in [5, 5.41) is 30.2. The van der Waals surface area contributed by atoms with Crippen molar-refractivity contribution in [2.75, 3.05) is 82.3 Å². The highest BCUT2D eigenvalue weighted by molar-refractivity contribution is 5.45. The molecule has 0 amide bonds. The van der Waals surface area contributed by atoms with Gasteiger partial charge in [-0.05, 0) is 0 Å². The molecule has 0 aromatic carbocycles. The SMILES string of the molecule is COCN(COC)c1nc(NCCO)nc(N(CCO)CCO)n1. The maximum atomic E-state index is 9.19. The lowest BCUT2D eigenvalue weighted by atomic mass is 10.5. The summed E-state index contributed by atoms with van der Waals surface area (Å²) in [7, 11) is 3.08. The Balaban J connectivity index is 3.17. The zero-order valence-electron chi connectivity index (χ0n) is 14.1. The molecule has 0 aliphatic carbocycles. The first-order valence-corrected chi connectivity index (χ1v) is 7.50. The molecule has 24 heavy (non-hydrogen) atoms. The fraction of sp³-hybridized carbons (Fsp3) is 0.769. The van der Waals surface area contributed by atoms with E-state index in [-0.39, 0.29) is 58.9 Å². The Morgan fingerprint density at radius 3 is 1.83 bits per heavy atom. The second kappa shape index (κ2) is 11.7. The summed E-state index contributed by atoms with van der Waals surface area (Å²) in [4.78, 5) is 16.2. The average Bonchev–Trinajstić information content (AvgIpc) is 2.59. The number of aliphatic hydroxyl groups excluding tert-OH is 3. The van der Waals surface area contributed by atoms with Crippen molar-refractivity contribution in [2.45, 2.75) is 0 Å². The molecule has 11 nitrogen and oxygen atoms in total. The summed E-state index contributed by atoms with van der Waals surface area (Å²) in [5.74, 6) is 0.868. The third-order valence-electron chi connectivity index (χ3n) is 2.88. The first kappa shape index (κ1) is 20.3. The van der Waals surface area contributed by atoms with Gasteiger partial charge in [-0.25, -0.2) is 0 Å². The van der Waals surface area contributed by atoms with Crippen LogP contribution < -0.4 is 15.1 Å². The van der Waals surface area contributed by atoms with Gasteiger partial charge in [-0.3, -0.25) is 4.90 Å². The minimum absolute atomic E-state index is 0.0762. The van der Waals surface area contributed by atoms with Crippen LogP contribution in [0.3, 0.4) is 0 Å². The van der Waals surface area contributed by atoms with Gasteiger partial charge in [0.25, 0.3) is 0 Å². The van der Waals surface area contributed by atoms with Gasteiger partial charge in [0.1, 0.15) is 13.5 Å². The average molecular weight is 346 g/mol. The molecule has 11 heteroatoms. The molecule has 0 radical (unpaired) electrons. The lowest BCUT2D eigenvalue weighted by molar-refractivity contribution is 0.139. The number of anilines is 3. The molecule has 0 atom stereocenters. The number of ether oxygens (including phenoxy) is 2. The lowest BCUT2D eigenvalue weighted by Crippen LogP contribution is -2.34. The third-order valence-corrected chi connectivity index (χ3v) is 2.88. The van der Waals surface area contributed by atoms with Crippen LogP contribution in [0.1, 0.15) is 0 Å². The lowest BCUT2D eigenvalue weighted by Gasteiger charge is -2.25. The molecule has 0 unspecified atom stereocenters. The first-order chi connectivity index (χ1) is 11.7. The number of nitrogens with zero attached hydrogens (tertiary/aromatic N) is 5. The highest BCUT2D eigenvalue weighted by Gasteiger charge is 2.17. The van der Waals surface area contributed by atoms with Crippen molar-refractivity contribution < 1.29 is 24.8 Å². The number of nitrogens with one attached hydrogen (secondary N) is 1. The normalized spacial score (nSPS) is 10.7. The Bertz CT molecular complexity index is 420. The molecule has 1 aromatic heterocycles. The Labute approximate surface area is 140 Å². The topological polar surface area (TPSA) is 136 Å². The first-order valence-electron chi connectivity index (χ1n) is 7.50. The van der Waals surface area contributed by atoms with E-state index in [1.807, 2.05) is 0 Å². The van der Waals surface area contributed by atoms with Crippen LogP contribution >= 0.6 is 0 Å². The van der Waals surface area contributed by atoms with Gasteiger partial charge in [0.15, 0.2) is 0 Å². The zero-order valence-corrected chi connectivity index (χ0v) is 14.1.